The summed E-state index contributed by atoms with van der Waals surface area (Å²) in [5, 5.41) is 81.9. The van der Waals surface area contributed by atoms with E-state index < -0.39 is 102 Å². The number of rotatable bonds is 5. The smallest absolute Gasteiger partial charge is 0.229 e. The Morgan fingerprint density at radius 2 is 1.41 bits per heavy atom. The molecule has 2 aliphatic heterocycles. The molecule has 1 aliphatic carbocycles. The Morgan fingerprint density at radius 3 is 2.08 bits per heavy atom. The minimum Gasteiger partial charge on any atom is -0.507 e. The van der Waals surface area contributed by atoms with Crippen molar-refractivity contribution in [3.8, 4) is 17.2 Å². The number of carbonyl (C=O) groups is 2. The van der Waals surface area contributed by atoms with Gasteiger partial charge in [0.25, 0.3) is 0 Å². The van der Waals surface area contributed by atoms with E-state index in [0.717, 1.165) is 6.07 Å². The molecule has 14 heteroatoms. The second kappa shape index (κ2) is 10.4. The Kier molecular flexibility index (Phi) is 7.32. The van der Waals surface area contributed by atoms with Gasteiger partial charge < -0.3 is 59.8 Å². The zero-order chi connectivity index (χ0) is 28.2. The van der Waals surface area contributed by atoms with Crippen molar-refractivity contribution in [2.75, 3.05) is 13.2 Å². The van der Waals surface area contributed by atoms with E-state index in [0.29, 0.717) is 0 Å². The fraction of sp³-hybridized carbons (Fsp3) is 0.440. The molecule has 8 N–H and O–H groups in total. The standard InChI is InChI=1S/C25H26O14/c26-10-5-12(19(31)15-14(10)16(28)8-3-1-2-4-9(8)17(15)29)38-25-23(35)21(33)20(32)13(39-25)7-37-24-22(34)18(30)11(27)6-36-24/h1-5,11,13,18,20-27,30-35H,6-7H2/t11-,13-,18+,20-,21+,22-,23-,24+,25-/m1/s1. The summed E-state index contributed by atoms with van der Waals surface area (Å²) in [4.78, 5) is 26.0. The summed E-state index contributed by atoms with van der Waals surface area (Å²) in [5.74, 6) is -3.55. The summed E-state index contributed by atoms with van der Waals surface area (Å²) in [6.07, 6.45) is -14.6. The average molecular weight is 550 g/mol. The lowest BCUT2D eigenvalue weighted by Gasteiger charge is -2.41. The van der Waals surface area contributed by atoms with Crippen molar-refractivity contribution in [1.82, 2.24) is 0 Å². The highest BCUT2D eigenvalue weighted by Crippen LogP contribution is 2.44. The minimum atomic E-state index is -1.89. The van der Waals surface area contributed by atoms with Gasteiger partial charge in [0.2, 0.25) is 6.29 Å². The molecule has 9 atom stereocenters. The van der Waals surface area contributed by atoms with Gasteiger partial charge in [0, 0.05) is 17.2 Å². The van der Waals surface area contributed by atoms with Crippen molar-refractivity contribution < 1.29 is 69.4 Å². The zero-order valence-electron chi connectivity index (χ0n) is 20.0. The lowest BCUT2D eigenvalue weighted by molar-refractivity contribution is -0.307. The third-order valence-electron chi connectivity index (χ3n) is 6.91. The maximum absolute atomic E-state index is 13.1. The number of aromatic hydroxyl groups is 2. The molecule has 210 valence electrons. The Balaban J connectivity index is 1.37. The largest absolute Gasteiger partial charge is 0.507 e. The van der Waals surface area contributed by atoms with E-state index in [1.54, 1.807) is 0 Å². The molecule has 5 rings (SSSR count). The summed E-state index contributed by atoms with van der Waals surface area (Å²) in [7, 11) is 0. The average Bonchev–Trinajstić information content (AvgIpc) is 2.92. The van der Waals surface area contributed by atoms with Crippen LogP contribution in [0.5, 0.6) is 17.2 Å². The number of aliphatic hydroxyl groups is 6. The van der Waals surface area contributed by atoms with Crippen LogP contribution in [-0.4, -0.2) is 121 Å². The Bertz CT molecular complexity index is 1280. The highest BCUT2D eigenvalue weighted by molar-refractivity contribution is 6.30. The van der Waals surface area contributed by atoms with E-state index in [1.165, 1.54) is 24.3 Å². The summed E-state index contributed by atoms with van der Waals surface area (Å²) < 4.78 is 21.4. The van der Waals surface area contributed by atoms with E-state index in [9.17, 15) is 50.4 Å². The Morgan fingerprint density at radius 1 is 0.795 bits per heavy atom. The molecule has 14 nitrogen and oxygen atoms in total. The molecule has 0 amide bonds. The van der Waals surface area contributed by atoms with Crippen LogP contribution in [0, 0.1) is 0 Å². The fourth-order valence-corrected chi connectivity index (χ4v) is 4.72. The molecule has 0 radical (unpaired) electrons. The number of phenols is 2. The predicted octanol–water partition coefficient (Wildman–Crippen LogP) is -2.48. The topological polar surface area (TPSA) is 233 Å². The molecule has 2 heterocycles. The lowest BCUT2D eigenvalue weighted by Crippen LogP contribution is -2.61. The third kappa shape index (κ3) is 4.65. The molecule has 2 saturated heterocycles. The molecule has 0 aromatic heterocycles. The number of carbonyl (C=O) groups excluding carboxylic acids is 2. The van der Waals surface area contributed by atoms with E-state index in [-0.39, 0.29) is 17.7 Å². The molecular weight excluding hydrogens is 524 g/mol. The highest BCUT2D eigenvalue weighted by Gasteiger charge is 2.47. The van der Waals surface area contributed by atoms with E-state index in [1.807, 2.05) is 0 Å². The van der Waals surface area contributed by atoms with Crippen LogP contribution in [0.2, 0.25) is 0 Å². The van der Waals surface area contributed by atoms with Gasteiger partial charge in [-0.25, -0.2) is 0 Å². The highest BCUT2D eigenvalue weighted by atomic mass is 16.7. The van der Waals surface area contributed by atoms with Gasteiger partial charge in [0.1, 0.15) is 48.5 Å². The first-order valence-electron chi connectivity index (χ1n) is 11.9. The van der Waals surface area contributed by atoms with Crippen LogP contribution < -0.4 is 4.74 Å². The molecule has 2 fully saturated rings. The summed E-state index contributed by atoms with van der Waals surface area (Å²) in [6.45, 7) is -0.905. The van der Waals surface area contributed by atoms with Crippen molar-refractivity contribution in [2.24, 2.45) is 0 Å². The number of ether oxygens (including phenoxy) is 4. The normalized spacial score (nSPS) is 34.4. The van der Waals surface area contributed by atoms with Gasteiger partial charge in [-0.2, -0.15) is 0 Å². The number of phenolic OH excluding ortho intramolecular Hbond substituents is 2. The van der Waals surface area contributed by atoms with Gasteiger partial charge in [-0.05, 0) is 0 Å². The molecule has 39 heavy (non-hydrogen) atoms. The first-order chi connectivity index (χ1) is 18.5. The van der Waals surface area contributed by atoms with E-state index in [2.05, 4.69) is 0 Å². The predicted molar refractivity (Wildman–Crippen MR) is 124 cm³/mol. The van der Waals surface area contributed by atoms with E-state index >= 15 is 0 Å². The number of ketones is 2. The maximum atomic E-state index is 13.1. The van der Waals surface area contributed by atoms with Crippen LogP contribution in [0.4, 0.5) is 0 Å². The Hall–Kier alpha value is -3.18. The van der Waals surface area contributed by atoms with Gasteiger partial charge in [-0.1, -0.05) is 24.3 Å². The molecule has 0 saturated carbocycles. The molecule has 2 aromatic carbocycles. The maximum Gasteiger partial charge on any atom is 0.229 e. The number of hydrogen-bond donors (Lipinski definition) is 8. The molecule has 0 unspecified atom stereocenters. The van der Waals surface area contributed by atoms with Crippen molar-refractivity contribution in [1.29, 1.82) is 0 Å². The van der Waals surface area contributed by atoms with Gasteiger partial charge >= 0.3 is 0 Å². The monoisotopic (exact) mass is 550 g/mol. The number of aliphatic hydroxyl groups excluding tert-OH is 6. The van der Waals surface area contributed by atoms with Crippen molar-refractivity contribution in [2.45, 2.75) is 55.3 Å². The molecule has 0 spiro atoms. The minimum absolute atomic E-state index is 0.00341. The first kappa shape index (κ1) is 27.4. The second-order valence-corrected chi connectivity index (χ2v) is 9.41. The van der Waals surface area contributed by atoms with Gasteiger partial charge in [0.15, 0.2) is 29.4 Å². The summed E-state index contributed by atoms with van der Waals surface area (Å²) >= 11 is 0. The molecule has 0 bridgehead atoms. The van der Waals surface area contributed by atoms with Crippen molar-refractivity contribution >= 4 is 11.6 Å². The molecular formula is C25H26O14. The van der Waals surface area contributed by atoms with Crippen molar-refractivity contribution in [3.05, 3.63) is 52.6 Å². The van der Waals surface area contributed by atoms with Gasteiger partial charge in [0.05, 0.1) is 24.3 Å². The van der Waals surface area contributed by atoms with Gasteiger partial charge in [-0.15, -0.1) is 0 Å². The summed E-state index contributed by atoms with van der Waals surface area (Å²) in [5.41, 5.74) is -0.924. The fourth-order valence-electron chi connectivity index (χ4n) is 4.72. The number of benzene rings is 2. The van der Waals surface area contributed by atoms with Crippen molar-refractivity contribution in [3.63, 3.8) is 0 Å². The zero-order valence-corrected chi connectivity index (χ0v) is 20.0. The van der Waals surface area contributed by atoms with Crippen LogP contribution in [0.1, 0.15) is 31.8 Å². The van der Waals surface area contributed by atoms with Crippen LogP contribution in [0.15, 0.2) is 30.3 Å². The quantitative estimate of drug-likeness (QED) is 0.154. The lowest BCUT2D eigenvalue weighted by atomic mass is 9.83. The van der Waals surface area contributed by atoms with E-state index in [4.69, 9.17) is 18.9 Å². The van der Waals surface area contributed by atoms with Gasteiger partial charge in [-0.3, -0.25) is 9.59 Å². The van der Waals surface area contributed by atoms with Crippen LogP contribution in [0.3, 0.4) is 0 Å². The van der Waals surface area contributed by atoms with Crippen LogP contribution in [-0.2, 0) is 14.2 Å². The Labute approximate surface area is 219 Å². The molecule has 3 aliphatic rings. The molecule has 2 aromatic rings. The van der Waals surface area contributed by atoms with Crippen LogP contribution in [0.25, 0.3) is 0 Å². The first-order valence-corrected chi connectivity index (χ1v) is 11.9. The SMILES string of the molecule is O=C1c2ccccc2C(=O)c2c(O)c(O[C@@H]3O[C@H](CO[C@@H]4OC[C@@H](O)[C@H](O)[C@H]4O)[C@@H](O)[C@H](O)[C@H]3O)cc(O)c21. The van der Waals surface area contributed by atoms with Crippen LogP contribution >= 0.6 is 0 Å². The second-order valence-electron chi connectivity index (χ2n) is 9.41. The third-order valence-corrected chi connectivity index (χ3v) is 6.91. The number of fused-ring (bicyclic) bond motifs is 2. The summed E-state index contributed by atoms with van der Waals surface area (Å²) in [6, 6.07) is 6.68. The number of hydrogen-bond acceptors (Lipinski definition) is 14.